The Balaban J connectivity index is 0.00000220. The van der Waals surface area contributed by atoms with Gasteiger partial charge in [-0.3, -0.25) is 4.79 Å². The first-order valence-electron chi connectivity index (χ1n) is 6.59. The van der Waals surface area contributed by atoms with Gasteiger partial charge in [-0.1, -0.05) is 0 Å². The summed E-state index contributed by atoms with van der Waals surface area (Å²) in [5.74, 6) is -0.181. The maximum absolute atomic E-state index is 12.5. The molecule has 118 valence electrons. The standard InChI is InChI=1S/C13H19N3O3S.ClH/c1-11(17)15-12-3-5-13(6-4-12)20(18,19)16-9-2-7-14-8-10-16;/h3-6,14H,2,7-10H2,1H3,(H,15,17);1H. The highest BCUT2D eigenvalue weighted by molar-refractivity contribution is 7.89. The van der Waals surface area contributed by atoms with Crippen LogP contribution in [0, 0.1) is 0 Å². The van der Waals surface area contributed by atoms with Gasteiger partial charge in [0.1, 0.15) is 0 Å². The van der Waals surface area contributed by atoms with Gasteiger partial charge in [0, 0.05) is 32.2 Å². The molecule has 21 heavy (non-hydrogen) atoms. The summed E-state index contributed by atoms with van der Waals surface area (Å²) < 4.78 is 26.5. The number of benzene rings is 1. The summed E-state index contributed by atoms with van der Waals surface area (Å²) in [4.78, 5) is 11.2. The molecule has 2 rings (SSSR count). The Hall–Kier alpha value is -1.15. The van der Waals surface area contributed by atoms with Crippen molar-refractivity contribution in [3.8, 4) is 0 Å². The van der Waals surface area contributed by atoms with Crippen molar-refractivity contribution >= 4 is 34.0 Å². The van der Waals surface area contributed by atoms with Gasteiger partial charge in [-0.05, 0) is 37.2 Å². The van der Waals surface area contributed by atoms with E-state index >= 15 is 0 Å². The molecule has 1 heterocycles. The number of hydrogen-bond donors (Lipinski definition) is 2. The fourth-order valence-corrected chi connectivity index (χ4v) is 3.60. The monoisotopic (exact) mass is 333 g/mol. The predicted molar refractivity (Wildman–Crippen MR) is 84.2 cm³/mol. The Morgan fingerprint density at radius 3 is 2.48 bits per heavy atom. The van der Waals surface area contributed by atoms with Gasteiger partial charge in [-0.25, -0.2) is 8.42 Å². The molecule has 0 bridgehead atoms. The van der Waals surface area contributed by atoms with Gasteiger partial charge in [0.2, 0.25) is 15.9 Å². The molecule has 0 atom stereocenters. The molecule has 0 saturated carbocycles. The molecule has 0 unspecified atom stereocenters. The quantitative estimate of drug-likeness (QED) is 0.866. The SMILES string of the molecule is CC(=O)Nc1ccc(S(=O)(=O)N2CCCNCC2)cc1.Cl. The van der Waals surface area contributed by atoms with Crippen molar-refractivity contribution in [2.75, 3.05) is 31.5 Å². The van der Waals surface area contributed by atoms with Crippen LogP contribution in [-0.4, -0.2) is 44.8 Å². The summed E-state index contributed by atoms with van der Waals surface area (Å²) in [6.07, 6.45) is 0.809. The third-order valence-corrected chi connectivity index (χ3v) is 5.02. The second kappa shape index (κ2) is 7.74. The lowest BCUT2D eigenvalue weighted by Crippen LogP contribution is -2.34. The fraction of sp³-hybridized carbons (Fsp3) is 0.462. The van der Waals surface area contributed by atoms with Gasteiger partial charge in [0.15, 0.2) is 0 Å². The second-order valence-corrected chi connectivity index (χ2v) is 6.65. The van der Waals surface area contributed by atoms with E-state index in [1.807, 2.05) is 0 Å². The molecule has 1 aliphatic heterocycles. The number of halogens is 1. The third-order valence-electron chi connectivity index (χ3n) is 3.11. The molecule has 1 fully saturated rings. The van der Waals surface area contributed by atoms with E-state index < -0.39 is 10.0 Å². The summed E-state index contributed by atoms with van der Waals surface area (Å²) in [6, 6.07) is 6.26. The smallest absolute Gasteiger partial charge is 0.243 e. The van der Waals surface area contributed by atoms with Crippen LogP contribution in [0.3, 0.4) is 0 Å². The minimum Gasteiger partial charge on any atom is -0.326 e. The first kappa shape index (κ1) is 17.9. The summed E-state index contributed by atoms with van der Waals surface area (Å²) in [7, 11) is -3.45. The van der Waals surface area contributed by atoms with E-state index in [-0.39, 0.29) is 23.2 Å². The van der Waals surface area contributed by atoms with Gasteiger partial charge >= 0.3 is 0 Å². The number of nitrogens with one attached hydrogen (secondary N) is 2. The Morgan fingerprint density at radius 2 is 1.86 bits per heavy atom. The Bertz CT molecular complexity index is 567. The van der Waals surface area contributed by atoms with Crippen molar-refractivity contribution in [1.82, 2.24) is 9.62 Å². The van der Waals surface area contributed by atoms with Gasteiger partial charge in [0.05, 0.1) is 4.90 Å². The Morgan fingerprint density at radius 1 is 1.19 bits per heavy atom. The van der Waals surface area contributed by atoms with Crippen molar-refractivity contribution in [1.29, 1.82) is 0 Å². The highest BCUT2D eigenvalue weighted by atomic mass is 35.5. The van der Waals surface area contributed by atoms with Crippen molar-refractivity contribution in [3.05, 3.63) is 24.3 Å². The van der Waals surface area contributed by atoms with E-state index in [2.05, 4.69) is 10.6 Å². The average molecular weight is 334 g/mol. The van der Waals surface area contributed by atoms with Crippen LogP contribution in [-0.2, 0) is 14.8 Å². The number of carbonyl (C=O) groups excluding carboxylic acids is 1. The van der Waals surface area contributed by atoms with Crippen LogP contribution in [0.5, 0.6) is 0 Å². The lowest BCUT2D eigenvalue weighted by molar-refractivity contribution is -0.114. The summed E-state index contributed by atoms with van der Waals surface area (Å²) in [6.45, 7) is 3.93. The number of carbonyl (C=O) groups is 1. The van der Waals surface area contributed by atoms with Crippen LogP contribution in [0.2, 0.25) is 0 Å². The molecule has 1 aromatic carbocycles. The van der Waals surface area contributed by atoms with Crippen molar-refractivity contribution in [2.24, 2.45) is 0 Å². The molecule has 1 aromatic rings. The molecule has 2 N–H and O–H groups in total. The topological polar surface area (TPSA) is 78.5 Å². The van der Waals surface area contributed by atoms with Crippen LogP contribution >= 0.6 is 12.4 Å². The molecule has 6 nitrogen and oxygen atoms in total. The largest absolute Gasteiger partial charge is 0.326 e. The lowest BCUT2D eigenvalue weighted by atomic mass is 10.3. The number of rotatable bonds is 3. The lowest BCUT2D eigenvalue weighted by Gasteiger charge is -2.19. The van der Waals surface area contributed by atoms with Crippen LogP contribution in [0.15, 0.2) is 29.2 Å². The zero-order chi connectivity index (χ0) is 14.6. The van der Waals surface area contributed by atoms with Crippen LogP contribution in [0.4, 0.5) is 5.69 Å². The van der Waals surface area contributed by atoms with Crippen molar-refractivity contribution in [2.45, 2.75) is 18.2 Å². The Kier molecular flexibility index (Phi) is 6.60. The van der Waals surface area contributed by atoms with E-state index in [9.17, 15) is 13.2 Å². The van der Waals surface area contributed by atoms with E-state index in [1.54, 1.807) is 12.1 Å². The fourth-order valence-electron chi connectivity index (χ4n) is 2.12. The molecule has 0 radical (unpaired) electrons. The van der Waals surface area contributed by atoms with E-state index in [4.69, 9.17) is 0 Å². The minimum absolute atomic E-state index is 0. The molecule has 1 aliphatic rings. The second-order valence-electron chi connectivity index (χ2n) is 4.71. The summed E-state index contributed by atoms with van der Waals surface area (Å²) in [5, 5.41) is 5.79. The zero-order valence-corrected chi connectivity index (χ0v) is 13.5. The predicted octanol–water partition coefficient (Wildman–Crippen LogP) is 1.05. The zero-order valence-electron chi connectivity index (χ0n) is 11.8. The highest BCUT2D eigenvalue weighted by Crippen LogP contribution is 2.19. The van der Waals surface area contributed by atoms with Crippen molar-refractivity contribution < 1.29 is 13.2 Å². The van der Waals surface area contributed by atoms with Gasteiger partial charge in [-0.2, -0.15) is 4.31 Å². The maximum atomic E-state index is 12.5. The molecule has 0 aromatic heterocycles. The molecule has 8 heteroatoms. The molecule has 1 saturated heterocycles. The van der Waals surface area contributed by atoms with Crippen LogP contribution in [0.25, 0.3) is 0 Å². The number of anilines is 1. The molecule has 1 amide bonds. The number of amides is 1. The van der Waals surface area contributed by atoms with Crippen LogP contribution in [0.1, 0.15) is 13.3 Å². The highest BCUT2D eigenvalue weighted by Gasteiger charge is 2.24. The Labute approximate surface area is 131 Å². The van der Waals surface area contributed by atoms with Gasteiger partial charge < -0.3 is 10.6 Å². The van der Waals surface area contributed by atoms with E-state index in [0.717, 1.165) is 13.0 Å². The molecule has 0 aliphatic carbocycles. The number of nitrogens with zero attached hydrogens (tertiary/aromatic N) is 1. The minimum atomic E-state index is -3.45. The normalized spacial score (nSPS) is 16.6. The molecule has 0 spiro atoms. The number of sulfonamides is 1. The maximum Gasteiger partial charge on any atom is 0.243 e. The van der Waals surface area contributed by atoms with E-state index in [0.29, 0.717) is 25.3 Å². The summed E-state index contributed by atoms with van der Waals surface area (Å²) >= 11 is 0. The first-order valence-corrected chi connectivity index (χ1v) is 8.03. The molecular weight excluding hydrogens is 314 g/mol. The van der Waals surface area contributed by atoms with Crippen molar-refractivity contribution in [3.63, 3.8) is 0 Å². The van der Waals surface area contributed by atoms with Gasteiger partial charge in [0.25, 0.3) is 0 Å². The van der Waals surface area contributed by atoms with Gasteiger partial charge in [-0.15, -0.1) is 12.4 Å². The third kappa shape index (κ3) is 4.67. The van der Waals surface area contributed by atoms with E-state index in [1.165, 1.54) is 23.4 Å². The average Bonchev–Trinajstić information content (AvgIpc) is 2.68. The first-order chi connectivity index (χ1) is 9.50. The van der Waals surface area contributed by atoms with Crippen LogP contribution < -0.4 is 10.6 Å². The summed E-state index contributed by atoms with van der Waals surface area (Å²) in [5.41, 5.74) is 0.592. The number of hydrogen-bond acceptors (Lipinski definition) is 4. The molecular formula is C13H20ClN3O3S.